The van der Waals surface area contributed by atoms with Crippen LogP contribution in [-0.4, -0.2) is 22.5 Å². The van der Waals surface area contributed by atoms with Crippen LogP contribution in [0.15, 0.2) is 66.7 Å². The number of carbonyl (C=O) groups excluding carboxylic acids is 1. The zero-order chi connectivity index (χ0) is 21.5. The number of carbonyl (C=O) groups is 1. The molecule has 0 saturated carbocycles. The van der Waals surface area contributed by atoms with E-state index < -0.39 is 17.7 Å². The summed E-state index contributed by atoms with van der Waals surface area (Å²) in [6.07, 6.45) is 0.682. The molecular formula is C25H21F2N3O. The van der Waals surface area contributed by atoms with Gasteiger partial charge in [-0.05, 0) is 42.7 Å². The van der Waals surface area contributed by atoms with Crippen molar-refractivity contribution in [3.05, 3.63) is 101 Å². The van der Waals surface area contributed by atoms with E-state index in [-0.39, 0.29) is 11.7 Å². The Balaban J connectivity index is 1.57. The van der Waals surface area contributed by atoms with Gasteiger partial charge in [-0.1, -0.05) is 48.0 Å². The first-order valence-electron chi connectivity index (χ1n) is 10.2. The van der Waals surface area contributed by atoms with Crippen LogP contribution in [0.25, 0.3) is 10.9 Å². The maximum Gasteiger partial charge on any atom is 0.322 e. The van der Waals surface area contributed by atoms with Gasteiger partial charge in [0.15, 0.2) is 0 Å². The highest BCUT2D eigenvalue weighted by Crippen LogP contribution is 2.38. The van der Waals surface area contributed by atoms with Gasteiger partial charge in [0.05, 0.1) is 11.7 Å². The number of para-hydroxylation sites is 1. The van der Waals surface area contributed by atoms with Crippen LogP contribution >= 0.6 is 0 Å². The van der Waals surface area contributed by atoms with Crippen molar-refractivity contribution < 1.29 is 13.6 Å². The lowest BCUT2D eigenvalue weighted by Crippen LogP contribution is -2.43. The minimum absolute atomic E-state index is 0.0449. The molecule has 6 heteroatoms. The number of aromatic nitrogens is 1. The monoisotopic (exact) mass is 417 g/mol. The van der Waals surface area contributed by atoms with Gasteiger partial charge in [0.2, 0.25) is 0 Å². The van der Waals surface area contributed by atoms with Crippen molar-refractivity contribution in [3.8, 4) is 0 Å². The number of urea groups is 1. The summed E-state index contributed by atoms with van der Waals surface area (Å²) in [6, 6.07) is 18.5. The number of fused-ring (bicyclic) bond motifs is 3. The normalized spacial score (nSPS) is 15.7. The van der Waals surface area contributed by atoms with E-state index in [4.69, 9.17) is 0 Å². The Hall–Kier alpha value is -3.67. The van der Waals surface area contributed by atoms with Gasteiger partial charge >= 0.3 is 6.03 Å². The predicted octanol–water partition coefficient (Wildman–Crippen LogP) is 5.93. The first-order chi connectivity index (χ1) is 15.0. The van der Waals surface area contributed by atoms with Gasteiger partial charge in [0, 0.05) is 29.2 Å². The fourth-order valence-corrected chi connectivity index (χ4v) is 4.33. The zero-order valence-electron chi connectivity index (χ0n) is 17.0. The maximum atomic E-state index is 14.1. The molecule has 1 aliphatic heterocycles. The van der Waals surface area contributed by atoms with E-state index in [2.05, 4.69) is 16.4 Å². The standard InChI is InChI=1S/C25H21F2N3O/c1-15-6-8-16(9-7-15)24-23-19(18-4-2-3-5-21(18)28-23)12-13-30(24)25(31)29-22-11-10-17(26)14-20(22)27/h2-11,14,24,28H,12-13H2,1H3,(H,29,31). The zero-order valence-corrected chi connectivity index (χ0v) is 17.0. The first-order valence-corrected chi connectivity index (χ1v) is 10.2. The van der Waals surface area contributed by atoms with Gasteiger partial charge < -0.3 is 15.2 Å². The molecule has 5 rings (SSSR count). The molecule has 0 saturated heterocycles. The molecule has 0 bridgehead atoms. The number of hydrogen-bond acceptors (Lipinski definition) is 1. The number of hydrogen-bond donors (Lipinski definition) is 2. The fourth-order valence-electron chi connectivity index (χ4n) is 4.33. The Morgan fingerprint density at radius 1 is 1.06 bits per heavy atom. The third-order valence-corrected chi connectivity index (χ3v) is 5.86. The number of aromatic amines is 1. The Labute approximate surface area is 178 Å². The van der Waals surface area contributed by atoms with Crippen LogP contribution in [0.2, 0.25) is 0 Å². The fraction of sp³-hybridized carbons (Fsp3) is 0.160. The predicted molar refractivity (Wildman–Crippen MR) is 117 cm³/mol. The molecule has 0 fully saturated rings. The van der Waals surface area contributed by atoms with Crippen LogP contribution in [-0.2, 0) is 6.42 Å². The molecule has 0 aliphatic carbocycles. The number of aryl methyl sites for hydroxylation is 1. The molecule has 1 aromatic heterocycles. The van der Waals surface area contributed by atoms with E-state index in [0.717, 1.165) is 39.9 Å². The smallest absolute Gasteiger partial charge is 0.322 e. The third-order valence-electron chi connectivity index (χ3n) is 5.86. The highest BCUT2D eigenvalue weighted by molar-refractivity contribution is 5.91. The van der Waals surface area contributed by atoms with Crippen LogP contribution in [0, 0.1) is 18.6 Å². The number of amides is 2. The number of rotatable bonds is 2. The Kier molecular flexibility index (Phi) is 4.70. The van der Waals surface area contributed by atoms with Gasteiger partial charge in [0.1, 0.15) is 11.6 Å². The van der Waals surface area contributed by atoms with E-state index in [1.807, 2.05) is 49.4 Å². The minimum Gasteiger partial charge on any atom is -0.356 e. The summed E-state index contributed by atoms with van der Waals surface area (Å²) in [4.78, 5) is 18.4. The number of nitrogens with zero attached hydrogens (tertiary/aromatic N) is 1. The van der Waals surface area contributed by atoms with Gasteiger partial charge in [-0.3, -0.25) is 0 Å². The second-order valence-corrected chi connectivity index (χ2v) is 7.87. The number of H-pyrrole nitrogens is 1. The minimum atomic E-state index is -0.802. The average molecular weight is 417 g/mol. The Bertz CT molecular complexity index is 1280. The maximum absolute atomic E-state index is 14.1. The SMILES string of the molecule is Cc1ccc(C2c3[nH]c4ccccc4c3CCN2C(=O)Nc2ccc(F)cc2F)cc1. The number of benzene rings is 3. The molecule has 3 aromatic carbocycles. The van der Waals surface area contributed by atoms with E-state index in [1.54, 1.807) is 4.90 Å². The van der Waals surface area contributed by atoms with Crippen molar-refractivity contribution in [3.63, 3.8) is 0 Å². The Morgan fingerprint density at radius 2 is 1.84 bits per heavy atom. The number of anilines is 1. The van der Waals surface area contributed by atoms with Crippen LogP contribution < -0.4 is 5.32 Å². The van der Waals surface area contributed by atoms with Crippen LogP contribution in [0.4, 0.5) is 19.3 Å². The van der Waals surface area contributed by atoms with Gasteiger partial charge in [-0.25, -0.2) is 13.6 Å². The largest absolute Gasteiger partial charge is 0.356 e. The van der Waals surface area contributed by atoms with E-state index >= 15 is 0 Å². The summed E-state index contributed by atoms with van der Waals surface area (Å²) >= 11 is 0. The Morgan fingerprint density at radius 3 is 2.61 bits per heavy atom. The topological polar surface area (TPSA) is 48.1 Å². The van der Waals surface area contributed by atoms with E-state index in [0.29, 0.717) is 13.0 Å². The lowest BCUT2D eigenvalue weighted by Gasteiger charge is -2.36. The summed E-state index contributed by atoms with van der Waals surface area (Å²) in [7, 11) is 0. The molecule has 0 spiro atoms. The van der Waals surface area contributed by atoms with E-state index in [1.165, 1.54) is 11.6 Å². The molecular weight excluding hydrogens is 396 g/mol. The summed E-state index contributed by atoms with van der Waals surface area (Å²) in [5.74, 6) is -1.49. The molecule has 0 radical (unpaired) electrons. The highest BCUT2D eigenvalue weighted by Gasteiger charge is 2.34. The van der Waals surface area contributed by atoms with Crippen molar-refractivity contribution in [1.29, 1.82) is 0 Å². The lowest BCUT2D eigenvalue weighted by molar-refractivity contribution is 0.193. The highest BCUT2D eigenvalue weighted by atomic mass is 19.1. The second-order valence-electron chi connectivity index (χ2n) is 7.87. The summed E-state index contributed by atoms with van der Waals surface area (Å²) in [5, 5.41) is 3.77. The second kappa shape index (κ2) is 7.54. The van der Waals surface area contributed by atoms with Gasteiger partial charge in [-0.15, -0.1) is 0 Å². The van der Waals surface area contributed by atoms with Crippen molar-refractivity contribution in [1.82, 2.24) is 9.88 Å². The third kappa shape index (κ3) is 3.44. The number of halogens is 2. The average Bonchev–Trinajstić information content (AvgIpc) is 3.14. The molecule has 2 amide bonds. The molecule has 31 heavy (non-hydrogen) atoms. The van der Waals surface area contributed by atoms with Crippen LogP contribution in [0.3, 0.4) is 0 Å². The van der Waals surface area contributed by atoms with Crippen molar-refractivity contribution in [2.45, 2.75) is 19.4 Å². The summed E-state index contributed by atoms with van der Waals surface area (Å²) in [5.41, 5.74) is 5.23. The quantitative estimate of drug-likeness (QED) is 0.417. The summed E-state index contributed by atoms with van der Waals surface area (Å²) in [6.45, 7) is 2.49. The van der Waals surface area contributed by atoms with Gasteiger partial charge in [-0.2, -0.15) is 0 Å². The van der Waals surface area contributed by atoms with Gasteiger partial charge in [0.25, 0.3) is 0 Å². The molecule has 2 N–H and O–H groups in total. The van der Waals surface area contributed by atoms with Crippen LogP contribution in [0.1, 0.15) is 28.4 Å². The van der Waals surface area contributed by atoms with Crippen molar-refractivity contribution >= 4 is 22.6 Å². The first kappa shape index (κ1) is 19.3. The number of nitrogens with one attached hydrogen (secondary N) is 2. The van der Waals surface area contributed by atoms with Crippen molar-refractivity contribution in [2.75, 3.05) is 11.9 Å². The molecule has 4 aromatic rings. The molecule has 1 atom stereocenters. The molecule has 156 valence electrons. The molecule has 1 aliphatic rings. The summed E-state index contributed by atoms with van der Waals surface area (Å²) < 4.78 is 27.4. The lowest BCUT2D eigenvalue weighted by atomic mass is 9.92. The van der Waals surface area contributed by atoms with Crippen molar-refractivity contribution in [2.24, 2.45) is 0 Å². The molecule has 2 heterocycles. The molecule has 1 unspecified atom stereocenters. The van der Waals surface area contributed by atoms with Crippen LogP contribution in [0.5, 0.6) is 0 Å². The molecule has 4 nitrogen and oxygen atoms in total. The van der Waals surface area contributed by atoms with E-state index in [9.17, 15) is 13.6 Å².